The van der Waals surface area contributed by atoms with Gasteiger partial charge in [0.25, 0.3) is 0 Å². The quantitative estimate of drug-likeness (QED) is 0.787. The standard InChI is InChI=1S/C14H20N2O/c1-8-6-12(15)13(7-9(8)2)16-14(17)10(3)11-4-5-11/h6-7,10-11H,4-5,15H2,1-3H3,(H,16,17). The zero-order chi connectivity index (χ0) is 12.6. The van der Waals surface area contributed by atoms with Crippen molar-refractivity contribution in [1.82, 2.24) is 0 Å². The molecule has 3 nitrogen and oxygen atoms in total. The van der Waals surface area contributed by atoms with Gasteiger partial charge in [0.1, 0.15) is 0 Å². The summed E-state index contributed by atoms with van der Waals surface area (Å²) in [5.41, 5.74) is 9.60. The summed E-state index contributed by atoms with van der Waals surface area (Å²) in [6.45, 7) is 6.03. The van der Waals surface area contributed by atoms with E-state index in [9.17, 15) is 4.79 Å². The van der Waals surface area contributed by atoms with Crippen LogP contribution in [-0.2, 0) is 4.79 Å². The first kappa shape index (κ1) is 12.0. The van der Waals surface area contributed by atoms with E-state index in [1.807, 2.05) is 32.9 Å². The number of aryl methyl sites for hydroxylation is 2. The first-order valence-corrected chi connectivity index (χ1v) is 6.16. The Balaban J connectivity index is 2.12. The Morgan fingerprint density at radius 1 is 1.35 bits per heavy atom. The average Bonchev–Trinajstić information content (AvgIpc) is 3.08. The van der Waals surface area contributed by atoms with Crippen molar-refractivity contribution in [2.75, 3.05) is 11.1 Å². The van der Waals surface area contributed by atoms with Crippen molar-refractivity contribution in [2.45, 2.75) is 33.6 Å². The average molecular weight is 232 g/mol. The Kier molecular flexibility index (Phi) is 3.09. The van der Waals surface area contributed by atoms with Crippen molar-refractivity contribution >= 4 is 17.3 Å². The summed E-state index contributed by atoms with van der Waals surface area (Å²) < 4.78 is 0. The Bertz CT molecular complexity index is 450. The molecule has 2 rings (SSSR count). The van der Waals surface area contributed by atoms with Gasteiger partial charge in [0.05, 0.1) is 11.4 Å². The van der Waals surface area contributed by atoms with Gasteiger partial charge in [-0.25, -0.2) is 0 Å². The first-order valence-electron chi connectivity index (χ1n) is 6.16. The molecule has 1 atom stereocenters. The van der Waals surface area contributed by atoms with Crippen molar-refractivity contribution in [3.8, 4) is 0 Å². The number of carbonyl (C=O) groups is 1. The molecule has 92 valence electrons. The van der Waals surface area contributed by atoms with Gasteiger partial charge in [-0.05, 0) is 55.9 Å². The van der Waals surface area contributed by atoms with E-state index in [1.165, 1.54) is 12.8 Å². The minimum atomic E-state index is 0.0856. The number of nitrogen functional groups attached to an aromatic ring is 1. The predicted octanol–water partition coefficient (Wildman–Crippen LogP) is 2.87. The van der Waals surface area contributed by atoms with Crippen LogP contribution in [0.4, 0.5) is 11.4 Å². The van der Waals surface area contributed by atoms with Gasteiger partial charge in [0.2, 0.25) is 5.91 Å². The van der Waals surface area contributed by atoms with Gasteiger partial charge >= 0.3 is 0 Å². The van der Waals surface area contributed by atoms with Crippen molar-refractivity contribution in [3.63, 3.8) is 0 Å². The molecular weight excluding hydrogens is 212 g/mol. The normalized spacial score (nSPS) is 16.6. The lowest BCUT2D eigenvalue weighted by Gasteiger charge is -2.14. The fraction of sp³-hybridized carbons (Fsp3) is 0.500. The fourth-order valence-corrected chi connectivity index (χ4v) is 2.00. The van der Waals surface area contributed by atoms with Gasteiger partial charge in [0, 0.05) is 5.92 Å². The van der Waals surface area contributed by atoms with Crippen LogP contribution in [0.3, 0.4) is 0 Å². The van der Waals surface area contributed by atoms with Crippen LogP contribution in [0.2, 0.25) is 0 Å². The molecule has 1 aliphatic carbocycles. The number of nitrogens with two attached hydrogens (primary N) is 1. The van der Waals surface area contributed by atoms with Crippen LogP contribution in [0, 0.1) is 25.7 Å². The summed E-state index contributed by atoms with van der Waals surface area (Å²) >= 11 is 0. The highest BCUT2D eigenvalue weighted by molar-refractivity contribution is 5.95. The van der Waals surface area contributed by atoms with Crippen LogP contribution in [-0.4, -0.2) is 5.91 Å². The number of hydrogen-bond acceptors (Lipinski definition) is 2. The van der Waals surface area contributed by atoms with Crippen molar-refractivity contribution < 1.29 is 4.79 Å². The van der Waals surface area contributed by atoms with E-state index in [4.69, 9.17) is 5.73 Å². The van der Waals surface area contributed by atoms with Crippen LogP contribution >= 0.6 is 0 Å². The molecule has 0 saturated heterocycles. The maximum absolute atomic E-state index is 12.0. The van der Waals surface area contributed by atoms with E-state index in [0.717, 1.165) is 16.8 Å². The molecule has 1 aromatic rings. The summed E-state index contributed by atoms with van der Waals surface area (Å²) in [6.07, 6.45) is 2.36. The molecular formula is C14H20N2O. The number of carbonyl (C=O) groups excluding carboxylic acids is 1. The van der Waals surface area contributed by atoms with Gasteiger partial charge in [-0.3, -0.25) is 4.79 Å². The minimum Gasteiger partial charge on any atom is -0.397 e. The van der Waals surface area contributed by atoms with E-state index in [1.54, 1.807) is 0 Å². The minimum absolute atomic E-state index is 0.0856. The second kappa shape index (κ2) is 4.40. The first-order chi connectivity index (χ1) is 7.99. The monoisotopic (exact) mass is 232 g/mol. The zero-order valence-corrected chi connectivity index (χ0v) is 10.7. The van der Waals surface area contributed by atoms with Gasteiger partial charge in [-0.15, -0.1) is 0 Å². The van der Waals surface area contributed by atoms with Crippen LogP contribution in [0.5, 0.6) is 0 Å². The van der Waals surface area contributed by atoms with Crippen LogP contribution in [0.25, 0.3) is 0 Å². The molecule has 17 heavy (non-hydrogen) atoms. The Hall–Kier alpha value is -1.51. The molecule has 3 N–H and O–H groups in total. The maximum Gasteiger partial charge on any atom is 0.227 e. The SMILES string of the molecule is Cc1cc(N)c(NC(=O)C(C)C2CC2)cc1C. The Labute approximate surface area is 102 Å². The third kappa shape index (κ3) is 2.60. The van der Waals surface area contributed by atoms with Crippen molar-refractivity contribution in [2.24, 2.45) is 11.8 Å². The maximum atomic E-state index is 12.0. The Morgan fingerprint density at radius 3 is 2.53 bits per heavy atom. The fourth-order valence-electron chi connectivity index (χ4n) is 2.00. The number of benzene rings is 1. The molecule has 1 aromatic carbocycles. The van der Waals surface area contributed by atoms with E-state index in [0.29, 0.717) is 11.6 Å². The number of anilines is 2. The zero-order valence-electron chi connectivity index (χ0n) is 10.7. The molecule has 1 fully saturated rings. The van der Waals surface area contributed by atoms with E-state index < -0.39 is 0 Å². The van der Waals surface area contributed by atoms with Crippen molar-refractivity contribution in [1.29, 1.82) is 0 Å². The van der Waals surface area contributed by atoms with Crippen molar-refractivity contribution in [3.05, 3.63) is 23.3 Å². The molecule has 1 amide bonds. The van der Waals surface area contributed by atoms with Gasteiger partial charge < -0.3 is 11.1 Å². The molecule has 0 bridgehead atoms. The molecule has 1 saturated carbocycles. The summed E-state index contributed by atoms with van der Waals surface area (Å²) in [5, 5.41) is 2.94. The van der Waals surface area contributed by atoms with Crippen LogP contribution < -0.4 is 11.1 Å². The molecule has 1 unspecified atom stereocenters. The summed E-state index contributed by atoms with van der Waals surface area (Å²) in [5.74, 6) is 0.751. The molecule has 0 aliphatic heterocycles. The second-order valence-corrected chi connectivity index (χ2v) is 5.14. The summed E-state index contributed by atoms with van der Waals surface area (Å²) in [7, 11) is 0. The topological polar surface area (TPSA) is 55.1 Å². The lowest BCUT2D eigenvalue weighted by Crippen LogP contribution is -2.22. The molecule has 3 heteroatoms. The lowest BCUT2D eigenvalue weighted by atomic mass is 10.0. The summed E-state index contributed by atoms with van der Waals surface area (Å²) in [4.78, 5) is 12.0. The molecule has 0 heterocycles. The Morgan fingerprint density at radius 2 is 1.94 bits per heavy atom. The highest BCUT2D eigenvalue weighted by Crippen LogP contribution is 2.37. The van der Waals surface area contributed by atoms with Gasteiger partial charge in [0.15, 0.2) is 0 Å². The number of nitrogens with one attached hydrogen (secondary N) is 1. The third-order valence-electron chi connectivity index (χ3n) is 3.67. The number of amides is 1. The number of rotatable bonds is 3. The molecule has 1 aliphatic rings. The second-order valence-electron chi connectivity index (χ2n) is 5.14. The molecule has 0 aromatic heterocycles. The van der Waals surface area contributed by atoms with Gasteiger partial charge in [-0.2, -0.15) is 0 Å². The van der Waals surface area contributed by atoms with E-state index >= 15 is 0 Å². The highest BCUT2D eigenvalue weighted by atomic mass is 16.1. The predicted molar refractivity (Wildman–Crippen MR) is 70.8 cm³/mol. The highest BCUT2D eigenvalue weighted by Gasteiger charge is 2.32. The molecule has 0 radical (unpaired) electrons. The summed E-state index contributed by atoms with van der Waals surface area (Å²) in [6, 6.07) is 3.86. The van der Waals surface area contributed by atoms with E-state index in [2.05, 4.69) is 5.32 Å². The molecule has 0 spiro atoms. The smallest absolute Gasteiger partial charge is 0.227 e. The van der Waals surface area contributed by atoms with E-state index in [-0.39, 0.29) is 11.8 Å². The van der Waals surface area contributed by atoms with Gasteiger partial charge in [-0.1, -0.05) is 6.92 Å². The lowest BCUT2D eigenvalue weighted by molar-refractivity contribution is -0.119. The van der Waals surface area contributed by atoms with Crippen LogP contribution in [0.1, 0.15) is 30.9 Å². The van der Waals surface area contributed by atoms with Crippen LogP contribution in [0.15, 0.2) is 12.1 Å². The largest absolute Gasteiger partial charge is 0.397 e. The number of hydrogen-bond donors (Lipinski definition) is 2. The third-order valence-corrected chi connectivity index (χ3v) is 3.67.